The molecule has 1 N–H and O–H groups in total. The van der Waals surface area contributed by atoms with E-state index in [2.05, 4.69) is 0 Å². The van der Waals surface area contributed by atoms with Gasteiger partial charge < -0.3 is 10.0 Å². The van der Waals surface area contributed by atoms with Gasteiger partial charge in [0.05, 0.1) is 0 Å². The van der Waals surface area contributed by atoms with E-state index in [9.17, 15) is 9.18 Å². The SMILES string of the molecule is Cc1ccccc1N(C)c1cc(F)cc(/C=C/C(=O)O)c1. The van der Waals surface area contributed by atoms with E-state index in [1.165, 1.54) is 18.2 Å². The van der Waals surface area contributed by atoms with Gasteiger partial charge in [-0.3, -0.25) is 0 Å². The number of benzene rings is 2. The minimum absolute atomic E-state index is 0.405. The molecular formula is C17H16FNO2. The third-order valence-corrected chi connectivity index (χ3v) is 3.19. The molecule has 0 spiro atoms. The molecule has 2 aromatic rings. The van der Waals surface area contributed by atoms with Crippen LogP contribution in [0.4, 0.5) is 15.8 Å². The normalized spacial score (nSPS) is 10.8. The first-order valence-electron chi connectivity index (χ1n) is 6.48. The number of hydrogen-bond acceptors (Lipinski definition) is 2. The molecule has 3 nitrogen and oxygen atoms in total. The number of aliphatic carboxylic acids is 1. The average molecular weight is 285 g/mol. The Balaban J connectivity index is 2.40. The maximum atomic E-state index is 13.7. The molecule has 0 bridgehead atoms. The lowest BCUT2D eigenvalue weighted by Gasteiger charge is -2.22. The lowest BCUT2D eigenvalue weighted by atomic mass is 10.1. The molecular weight excluding hydrogens is 269 g/mol. The topological polar surface area (TPSA) is 40.5 Å². The van der Waals surface area contributed by atoms with Gasteiger partial charge in [-0.25, -0.2) is 9.18 Å². The summed E-state index contributed by atoms with van der Waals surface area (Å²) in [7, 11) is 1.85. The first kappa shape index (κ1) is 14.8. The monoisotopic (exact) mass is 285 g/mol. The quantitative estimate of drug-likeness (QED) is 0.863. The van der Waals surface area contributed by atoms with Crippen LogP contribution in [0.2, 0.25) is 0 Å². The van der Waals surface area contributed by atoms with Crippen LogP contribution >= 0.6 is 0 Å². The lowest BCUT2D eigenvalue weighted by molar-refractivity contribution is -0.131. The fraction of sp³-hybridized carbons (Fsp3) is 0.118. The summed E-state index contributed by atoms with van der Waals surface area (Å²) in [6.45, 7) is 1.98. The van der Waals surface area contributed by atoms with Crippen LogP contribution in [0.1, 0.15) is 11.1 Å². The van der Waals surface area contributed by atoms with Gasteiger partial charge >= 0.3 is 5.97 Å². The van der Waals surface area contributed by atoms with Gasteiger partial charge in [0.2, 0.25) is 0 Å². The van der Waals surface area contributed by atoms with Gasteiger partial charge in [-0.15, -0.1) is 0 Å². The molecule has 0 heterocycles. The van der Waals surface area contributed by atoms with Gasteiger partial charge in [0.1, 0.15) is 5.82 Å². The van der Waals surface area contributed by atoms with Crippen molar-refractivity contribution in [3.63, 3.8) is 0 Å². The Morgan fingerprint density at radius 3 is 2.62 bits per heavy atom. The van der Waals surface area contributed by atoms with E-state index >= 15 is 0 Å². The van der Waals surface area contributed by atoms with Crippen LogP contribution in [0.3, 0.4) is 0 Å². The van der Waals surface area contributed by atoms with E-state index in [-0.39, 0.29) is 0 Å². The predicted octanol–water partition coefficient (Wildman–Crippen LogP) is 4.00. The highest BCUT2D eigenvalue weighted by atomic mass is 19.1. The molecule has 0 aliphatic rings. The predicted molar refractivity (Wildman–Crippen MR) is 82.3 cm³/mol. The number of nitrogens with zero attached hydrogens (tertiary/aromatic N) is 1. The van der Waals surface area contributed by atoms with Crippen LogP contribution in [0.15, 0.2) is 48.5 Å². The third kappa shape index (κ3) is 3.69. The summed E-state index contributed by atoms with van der Waals surface area (Å²) in [4.78, 5) is 12.4. The third-order valence-electron chi connectivity index (χ3n) is 3.19. The summed E-state index contributed by atoms with van der Waals surface area (Å²) in [5, 5.41) is 8.65. The highest BCUT2D eigenvalue weighted by Crippen LogP contribution is 2.28. The molecule has 0 amide bonds. The summed E-state index contributed by atoms with van der Waals surface area (Å²) >= 11 is 0. The molecule has 2 rings (SSSR count). The van der Waals surface area contributed by atoms with Crippen molar-refractivity contribution >= 4 is 23.4 Å². The molecule has 2 aromatic carbocycles. The number of carbonyl (C=O) groups is 1. The second-order valence-corrected chi connectivity index (χ2v) is 4.76. The molecule has 0 fully saturated rings. The van der Waals surface area contributed by atoms with Crippen molar-refractivity contribution in [3.8, 4) is 0 Å². The molecule has 0 unspecified atom stereocenters. The van der Waals surface area contributed by atoms with Crippen LogP contribution in [-0.2, 0) is 4.79 Å². The number of hydrogen-bond donors (Lipinski definition) is 1. The number of anilines is 2. The van der Waals surface area contributed by atoms with Crippen molar-refractivity contribution in [1.82, 2.24) is 0 Å². The van der Waals surface area contributed by atoms with Gasteiger partial charge in [0.15, 0.2) is 0 Å². The Bertz CT molecular complexity index is 695. The number of aryl methyl sites for hydroxylation is 1. The van der Waals surface area contributed by atoms with E-state index in [1.54, 1.807) is 6.07 Å². The molecule has 0 aromatic heterocycles. The fourth-order valence-corrected chi connectivity index (χ4v) is 2.13. The molecule has 0 aliphatic heterocycles. The molecule has 0 saturated heterocycles. The van der Waals surface area contributed by atoms with Crippen LogP contribution in [0.5, 0.6) is 0 Å². The van der Waals surface area contributed by atoms with Crippen molar-refractivity contribution in [2.45, 2.75) is 6.92 Å². The Kier molecular flexibility index (Phi) is 4.38. The van der Waals surface area contributed by atoms with Crippen molar-refractivity contribution in [1.29, 1.82) is 0 Å². The molecule has 0 radical (unpaired) electrons. The lowest BCUT2D eigenvalue weighted by Crippen LogP contribution is -2.11. The summed E-state index contributed by atoms with van der Waals surface area (Å²) in [6.07, 6.45) is 2.37. The molecule has 108 valence electrons. The first-order chi connectivity index (χ1) is 9.97. The molecule has 0 atom stereocenters. The van der Waals surface area contributed by atoms with Crippen molar-refractivity contribution in [2.75, 3.05) is 11.9 Å². The van der Waals surface area contributed by atoms with Crippen LogP contribution < -0.4 is 4.90 Å². The fourth-order valence-electron chi connectivity index (χ4n) is 2.13. The maximum absolute atomic E-state index is 13.7. The van der Waals surface area contributed by atoms with E-state index in [4.69, 9.17) is 5.11 Å². The van der Waals surface area contributed by atoms with Crippen LogP contribution in [0, 0.1) is 12.7 Å². The maximum Gasteiger partial charge on any atom is 0.328 e. The Morgan fingerprint density at radius 2 is 1.95 bits per heavy atom. The smallest absolute Gasteiger partial charge is 0.328 e. The standard InChI is InChI=1S/C17H16FNO2/c1-12-5-3-4-6-16(12)19(2)15-10-13(7-8-17(20)21)9-14(18)11-15/h3-11H,1-2H3,(H,20,21)/b8-7+. The van der Waals surface area contributed by atoms with E-state index in [0.717, 1.165) is 17.3 Å². The van der Waals surface area contributed by atoms with Crippen molar-refractivity contribution in [2.24, 2.45) is 0 Å². The molecule has 21 heavy (non-hydrogen) atoms. The van der Waals surface area contributed by atoms with E-state index in [0.29, 0.717) is 11.3 Å². The summed E-state index contributed by atoms with van der Waals surface area (Å²) < 4.78 is 13.7. The van der Waals surface area contributed by atoms with Crippen LogP contribution in [-0.4, -0.2) is 18.1 Å². The van der Waals surface area contributed by atoms with Gasteiger partial charge in [-0.05, 0) is 48.4 Å². The summed E-state index contributed by atoms with van der Waals surface area (Å²) in [5.41, 5.74) is 3.21. The number of carboxylic acids is 1. The summed E-state index contributed by atoms with van der Waals surface area (Å²) in [6, 6.07) is 12.3. The molecule has 0 saturated carbocycles. The number of para-hydroxylation sites is 1. The van der Waals surface area contributed by atoms with Gasteiger partial charge in [0.25, 0.3) is 0 Å². The highest BCUT2D eigenvalue weighted by molar-refractivity contribution is 5.85. The van der Waals surface area contributed by atoms with Gasteiger partial charge in [0, 0.05) is 24.5 Å². The van der Waals surface area contributed by atoms with E-state index in [1.807, 2.05) is 43.1 Å². The zero-order chi connectivity index (χ0) is 15.4. The second-order valence-electron chi connectivity index (χ2n) is 4.76. The van der Waals surface area contributed by atoms with Gasteiger partial charge in [-0.2, -0.15) is 0 Å². The Hall–Kier alpha value is -2.62. The van der Waals surface area contributed by atoms with E-state index < -0.39 is 11.8 Å². The van der Waals surface area contributed by atoms with Crippen LogP contribution in [0.25, 0.3) is 6.08 Å². The molecule has 0 aliphatic carbocycles. The summed E-state index contributed by atoms with van der Waals surface area (Å²) in [5.74, 6) is -1.47. The molecule has 4 heteroatoms. The zero-order valence-electron chi connectivity index (χ0n) is 11.9. The second kappa shape index (κ2) is 6.22. The first-order valence-corrected chi connectivity index (χ1v) is 6.48. The Labute approximate surface area is 123 Å². The number of carboxylic acid groups (broad SMARTS) is 1. The van der Waals surface area contributed by atoms with Crippen molar-refractivity contribution in [3.05, 3.63) is 65.5 Å². The highest BCUT2D eigenvalue weighted by Gasteiger charge is 2.08. The number of rotatable bonds is 4. The minimum Gasteiger partial charge on any atom is -0.478 e. The Morgan fingerprint density at radius 1 is 1.24 bits per heavy atom. The zero-order valence-corrected chi connectivity index (χ0v) is 11.9. The largest absolute Gasteiger partial charge is 0.478 e. The van der Waals surface area contributed by atoms with Crippen molar-refractivity contribution < 1.29 is 14.3 Å². The number of halogens is 1. The van der Waals surface area contributed by atoms with Gasteiger partial charge in [-0.1, -0.05) is 18.2 Å². The minimum atomic E-state index is -1.06. The average Bonchev–Trinajstić information content (AvgIpc) is 2.44.